The van der Waals surface area contributed by atoms with Crippen LogP contribution in [-0.2, 0) is 16.1 Å². The van der Waals surface area contributed by atoms with Gasteiger partial charge in [0.05, 0.1) is 0 Å². The van der Waals surface area contributed by atoms with Crippen molar-refractivity contribution in [3.05, 3.63) is 29.8 Å². The van der Waals surface area contributed by atoms with Crippen molar-refractivity contribution < 1.29 is 9.53 Å². The van der Waals surface area contributed by atoms with Crippen molar-refractivity contribution in [2.75, 3.05) is 25.6 Å². The van der Waals surface area contributed by atoms with E-state index in [1.54, 1.807) is 0 Å². The van der Waals surface area contributed by atoms with Gasteiger partial charge in [0.15, 0.2) is 0 Å². The molecule has 0 radical (unpaired) electrons. The van der Waals surface area contributed by atoms with Gasteiger partial charge in [0, 0.05) is 18.8 Å². The molecule has 2 N–H and O–H groups in total. The normalized spacial score (nSPS) is 10.2. The average Bonchev–Trinajstić information content (AvgIpc) is 2.32. The smallest absolute Gasteiger partial charge is 0.250 e. The van der Waals surface area contributed by atoms with E-state index in [0.29, 0.717) is 6.61 Å². The topological polar surface area (TPSA) is 50.4 Å². The van der Waals surface area contributed by atoms with Crippen LogP contribution in [0, 0.1) is 0 Å². The second-order valence-electron chi connectivity index (χ2n) is 3.83. The number of hydrogen-bond donors (Lipinski definition) is 2. The lowest BCUT2D eigenvalue weighted by molar-refractivity contribution is -0.120. The number of anilines is 1. The molecule has 0 fully saturated rings. The molecule has 0 unspecified atom stereocenters. The number of hydrogen-bond acceptors (Lipinski definition) is 3. The number of amides is 1. The molecule has 94 valence electrons. The zero-order valence-corrected chi connectivity index (χ0v) is 10.5. The van der Waals surface area contributed by atoms with Crippen molar-refractivity contribution in [3.8, 4) is 0 Å². The van der Waals surface area contributed by atoms with Gasteiger partial charge in [0.25, 0.3) is 0 Å². The summed E-state index contributed by atoms with van der Waals surface area (Å²) >= 11 is 0. The standard InChI is InChI=1S/C13H20N2O2/c1-3-8-17-10-13(16)15-12-6-4-11(5-7-12)9-14-2/h4-7,14H,3,8-10H2,1-2H3,(H,15,16). The molecule has 0 aliphatic rings. The molecule has 0 atom stereocenters. The lowest BCUT2D eigenvalue weighted by atomic mass is 10.2. The van der Waals surface area contributed by atoms with Crippen LogP contribution in [0.2, 0.25) is 0 Å². The van der Waals surface area contributed by atoms with Crippen LogP contribution in [0.25, 0.3) is 0 Å². The molecule has 1 amide bonds. The number of rotatable bonds is 7. The lowest BCUT2D eigenvalue weighted by Gasteiger charge is -2.06. The first-order chi connectivity index (χ1) is 8.26. The van der Waals surface area contributed by atoms with E-state index in [2.05, 4.69) is 10.6 Å². The van der Waals surface area contributed by atoms with Crippen molar-refractivity contribution in [3.63, 3.8) is 0 Å². The van der Waals surface area contributed by atoms with Gasteiger partial charge in [0.2, 0.25) is 5.91 Å². The Morgan fingerprint density at radius 1 is 1.29 bits per heavy atom. The Morgan fingerprint density at radius 3 is 2.59 bits per heavy atom. The first-order valence-electron chi connectivity index (χ1n) is 5.87. The second-order valence-corrected chi connectivity index (χ2v) is 3.83. The Balaban J connectivity index is 2.37. The van der Waals surface area contributed by atoms with E-state index < -0.39 is 0 Å². The average molecular weight is 236 g/mol. The Kier molecular flexibility index (Phi) is 6.29. The number of nitrogens with one attached hydrogen (secondary N) is 2. The Morgan fingerprint density at radius 2 is 2.00 bits per heavy atom. The van der Waals surface area contributed by atoms with Crippen LogP contribution in [0.5, 0.6) is 0 Å². The van der Waals surface area contributed by atoms with Crippen LogP contribution in [0.4, 0.5) is 5.69 Å². The Hall–Kier alpha value is -1.39. The summed E-state index contributed by atoms with van der Waals surface area (Å²) < 4.78 is 5.16. The van der Waals surface area contributed by atoms with Gasteiger partial charge in [-0.25, -0.2) is 0 Å². The van der Waals surface area contributed by atoms with E-state index in [1.807, 2.05) is 38.2 Å². The highest BCUT2D eigenvalue weighted by Crippen LogP contribution is 2.09. The third kappa shape index (κ3) is 5.47. The summed E-state index contributed by atoms with van der Waals surface area (Å²) in [6, 6.07) is 7.76. The highest BCUT2D eigenvalue weighted by molar-refractivity contribution is 5.91. The van der Waals surface area contributed by atoms with Gasteiger partial charge in [-0.1, -0.05) is 19.1 Å². The second kappa shape index (κ2) is 7.81. The van der Waals surface area contributed by atoms with Gasteiger partial charge in [-0.15, -0.1) is 0 Å². The van der Waals surface area contributed by atoms with E-state index in [4.69, 9.17) is 4.74 Å². The van der Waals surface area contributed by atoms with Crippen molar-refractivity contribution in [1.29, 1.82) is 0 Å². The lowest BCUT2D eigenvalue weighted by Crippen LogP contribution is -2.18. The summed E-state index contributed by atoms with van der Waals surface area (Å²) in [5, 5.41) is 5.86. The number of carbonyl (C=O) groups excluding carboxylic acids is 1. The van der Waals surface area contributed by atoms with Crippen LogP contribution in [0.3, 0.4) is 0 Å². The van der Waals surface area contributed by atoms with Crippen molar-refractivity contribution in [2.24, 2.45) is 0 Å². The highest BCUT2D eigenvalue weighted by Gasteiger charge is 2.01. The zero-order chi connectivity index (χ0) is 12.5. The maximum absolute atomic E-state index is 11.4. The van der Waals surface area contributed by atoms with E-state index in [0.717, 1.165) is 18.7 Å². The van der Waals surface area contributed by atoms with Crippen molar-refractivity contribution in [1.82, 2.24) is 5.32 Å². The molecule has 17 heavy (non-hydrogen) atoms. The molecule has 1 aromatic rings. The summed E-state index contributed by atoms with van der Waals surface area (Å²) in [6.07, 6.45) is 0.923. The summed E-state index contributed by atoms with van der Waals surface area (Å²) in [5.41, 5.74) is 1.99. The number of carbonyl (C=O) groups is 1. The highest BCUT2D eigenvalue weighted by atomic mass is 16.5. The minimum atomic E-state index is -0.111. The summed E-state index contributed by atoms with van der Waals surface area (Å²) in [4.78, 5) is 11.4. The monoisotopic (exact) mass is 236 g/mol. The van der Waals surface area contributed by atoms with Gasteiger partial charge < -0.3 is 15.4 Å². The van der Waals surface area contributed by atoms with Gasteiger partial charge in [-0.05, 0) is 31.2 Å². The first-order valence-corrected chi connectivity index (χ1v) is 5.87. The molecule has 0 aliphatic heterocycles. The Bertz CT molecular complexity index is 336. The molecule has 0 bridgehead atoms. The molecular formula is C13H20N2O2. The maximum atomic E-state index is 11.4. The summed E-state index contributed by atoms with van der Waals surface area (Å²) in [5.74, 6) is -0.111. The van der Waals surface area contributed by atoms with Gasteiger partial charge in [0.1, 0.15) is 6.61 Å². The number of benzene rings is 1. The van der Waals surface area contributed by atoms with Crippen LogP contribution >= 0.6 is 0 Å². The molecule has 0 saturated heterocycles. The van der Waals surface area contributed by atoms with Gasteiger partial charge in [-0.3, -0.25) is 4.79 Å². The molecule has 1 aromatic carbocycles. The fourth-order valence-corrected chi connectivity index (χ4v) is 1.42. The van der Waals surface area contributed by atoms with E-state index in [1.165, 1.54) is 5.56 Å². The third-order valence-electron chi connectivity index (χ3n) is 2.20. The van der Waals surface area contributed by atoms with Crippen LogP contribution in [-0.4, -0.2) is 26.2 Å². The van der Waals surface area contributed by atoms with Crippen molar-refractivity contribution in [2.45, 2.75) is 19.9 Å². The fourth-order valence-electron chi connectivity index (χ4n) is 1.42. The number of ether oxygens (including phenoxy) is 1. The maximum Gasteiger partial charge on any atom is 0.250 e. The van der Waals surface area contributed by atoms with Crippen LogP contribution in [0.1, 0.15) is 18.9 Å². The summed E-state index contributed by atoms with van der Waals surface area (Å²) in [6.45, 7) is 3.58. The van der Waals surface area contributed by atoms with E-state index >= 15 is 0 Å². The van der Waals surface area contributed by atoms with Gasteiger partial charge in [-0.2, -0.15) is 0 Å². The Labute approximate surface area is 102 Å². The fraction of sp³-hybridized carbons (Fsp3) is 0.462. The minimum absolute atomic E-state index is 0.111. The van der Waals surface area contributed by atoms with Gasteiger partial charge >= 0.3 is 0 Å². The SMILES string of the molecule is CCCOCC(=O)Nc1ccc(CNC)cc1. The van der Waals surface area contributed by atoms with E-state index in [9.17, 15) is 4.79 Å². The molecule has 0 saturated carbocycles. The van der Waals surface area contributed by atoms with Crippen molar-refractivity contribution >= 4 is 11.6 Å². The predicted molar refractivity (Wildman–Crippen MR) is 68.9 cm³/mol. The molecule has 0 aromatic heterocycles. The molecular weight excluding hydrogens is 216 g/mol. The molecule has 1 rings (SSSR count). The quantitative estimate of drug-likeness (QED) is 0.709. The summed E-state index contributed by atoms with van der Waals surface area (Å²) in [7, 11) is 1.90. The minimum Gasteiger partial charge on any atom is -0.372 e. The molecule has 0 spiro atoms. The van der Waals surface area contributed by atoms with Crippen LogP contribution < -0.4 is 10.6 Å². The van der Waals surface area contributed by atoms with Crippen LogP contribution in [0.15, 0.2) is 24.3 Å². The molecule has 0 heterocycles. The predicted octanol–water partition coefficient (Wildman–Crippen LogP) is 1.77. The largest absolute Gasteiger partial charge is 0.372 e. The third-order valence-corrected chi connectivity index (χ3v) is 2.20. The first kappa shape index (κ1) is 13.7. The molecule has 4 nitrogen and oxygen atoms in total. The molecule has 4 heteroatoms. The zero-order valence-electron chi connectivity index (χ0n) is 10.5. The molecule has 0 aliphatic carbocycles. The van der Waals surface area contributed by atoms with E-state index in [-0.39, 0.29) is 12.5 Å².